The number of H-pyrrole nitrogens is 1. The monoisotopic (exact) mass is 284 g/mol. The number of para-hydroxylation sites is 1. The highest BCUT2D eigenvalue weighted by molar-refractivity contribution is 6.00. The predicted octanol–water partition coefficient (Wildman–Crippen LogP) is 4.18. The molecule has 0 unspecified atom stereocenters. The molecule has 110 valence electrons. The van der Waals surface area contributed by atoms with Gasteiger partial charge in [0.15, 0.2) is 17.0 Å². The molecule has 0 fully saturated rings. The van der Waals surface area contributed by atoms with Gasteiger partial charge in [0, 0.05) is 11.8 Å². The lowest BCUT2D eigenvalue weighted by Gasteiger charge is -1.97. The van der Waals surface area contributed by atoms with E-state index in [9.17, 15) is 4.79 Å². The van der Waals surface area contributed by atoms with Gasteiger partial charge < -0.3 is 9.40 Å². The lowest BCUT2D eigenvalue weighted by molar-refractivity contribution is 0.508. The molecule has 0 saturated heterocycles. The van der Waals surface area contributed by atoms with Crippen LogP contribution in [0.1, 0.15) is 44.9 Å². The summed E-state index contributed by atoms with van der Waals surface area (Å²) in [5.41, 5.74) is 1.64. The molecule has 0 aliphatic rings. The highest BCUT2D eigenvalue weighted by Crippen LogP contribution is 2.22. The Bertz CT molecular complexity index is 801. The Labute approximate surface area is 123 Å². The largest absolute Gasteiger partial charge is 0.440 e. The number of rotatable bonds is 6. The summed E-state index contributed by atoms with van der Waals surface area (Å²) in [6, 6.07) is 7.66. The van der Waals surface area contributed by atoms with E-state index in [2.05, 4.69) is 16.9 Å². The van der Waals surface area contributed by atoms with Crippen LogP contribution in [-0.2, 0) is 6.42 Å². The second kappa shape index (κ2) is 6.12. The average Bonchev–Trinajstić information content (AvgIpc) is 2.92. The molecule has 0 saturated carbocycles. The molecule has 0 amide bonds. The van der Waals surface area contributed by atoms with Crippen molar-refractivity contribution in [1.82, 2.24) is 9.97 Å². The molecule has 1 aromatic carbocycles. The Hall–Kier alpha value is -2.10. The Morgan fingerprint density at radius 3 is 2.81 bits per heavy atom. The molecule has 0 bridgehead atoms. The van der Waals surface area contributed by atoms with Crippen LogP contribution in [0.2, 0.25) is 0 Å². The fourth-order valence-corrected chi connectivity index (χ4v) is 2.66. The average molecular weight is 284 g/mol. The topological polar surface area (TPSA) is 58.9 Å². The van der Waals surface area contributed by atoms with Crippen LogP contribution in [0.15, 0.2) is 33.5 Å². The first-order chi connectivity index (χ1) is 10.3. The molecule has 1 N–H and O–H groups in total. The minimum absolute atomic E-state index is 0.176. The summed E-state index contributed by atoms with van der Waals surface area (Å²) in [5, 5.41) is 0.914. The SMILES string of the molecule is CCCCCCCc1nc2c(=O)[nH]c3ccccc3c2o1. The number of aromatic amines is 1. The van der Waals surface area contributed by atoms with Crippen molar-refractivity contribution in [3.8, 4) is 0 Å². The second-order valence-electron chi connectivity index (χ2n) is 5.45. The van der Waals surface area contributed by atoms with E-state index in [4.69, 9.17) is 4.42 Å². The number of hydrogen-bond donors (Lipinski definition) is 1. The molecule has 2 heterocycles. The summed E-state index contributed by atoms with van der Waals surface area (Å²) < 4.78 is 5.84. The standard InChI is InChI=1S/C17H20N2O2/c1-2-3-4-5-6-11-14-19-15-16(21-14)12-9-7-8-10-13(12)18-17(15)20/h7-10H,2-6,11H2,1H3,(H,18,20). The van der Waals surface area contributed by atoms with Crippen LogP contribution < -0.4 is 5.56 Å². The van der Waals surface area contributed by atoms with E-state index in [1.165, 1.54) is 25.7 Å². The third kappa shape index (κ3) is 2.84. The molecule has 3 aromatic rings. The minimum Gasteiger partial charge on any atom is -0.440 e. The molecule has 3 rings (SSSR count). The number of aryl methyl sites for hydroxylation is 1. The van der Waals surface area contributed by atoms with Crippen LogP contribution in [0.4, 0.5) is 0 Å². The molecule has 4 heteroatoms. The molecule has 21 heavy (non-hydrogen) atoms. The van der Waals surface area contributed by atoms with Crippen molar-refractivity contribution in [1.29, 1.82) is 0 Å². The number of benzene rings is 1. The van der Waals surface area contributed by atoms with Gasteiger partial charge in [-0.25, -0.2) is 4.98 Å². The van der Waals surface area contributed by atoms with Crippen molar-refractivity contribution < 1.29 is 4.42 Å². The maximum Gasteiger partial charge on any atom is 0.278 e. The van der Waals surface area contributed by atoms with E-state index in [1.54, 1.807) is 0 Å². The summed E-state index contributed by atoms with van der Waals surface area (Å²) >= 11 is 0. The van der Waals surface area contributed by atoms with Gasteiger partial charge in [0.25, 0.3) is 5.56 Å². The van der Waals surface area contributed by atoms with Gasteiger partial charge in [0.05, 0.1) is 5.52 Å². The smallest absolute Gasteiger partial charge is 0.278 e. The summed E-state index contributed by atoms with van der Waals surface area (Å²) in [6.45, 7) is 2.21. The van der Waals surface area contributed by atoms with Crippen molar-refractivity contribution >= 4 is 22.0 Å². The molecule has 0 spiro atoms. The van der Waals surface area contributed by atoms with Gasteiger partial charge in [-0.2, -0.15) is 0 Å². The van der Waals surface area contributed by atoms with Gasteiger partial charge in [-0.05, 0) is 18.6 Å². The lowest BCUT2D eigenvalue weighted by Crippen LogP contribution is -2.06. The van der Waals surface area contributed by atoms with Crippen molar-refractivity contribution in [3.05, 3.63) is 40.5 Å². The maximum absolute atomic E-state index is 12.0. The quantitative estimate of drug-likeness (QED) is 0.691. The van der Waals surface area contributed by atoms with Gasteiger partial charge >= 0.3 is 0 Å². The second-order valence-corrected chi connectivity index (χ2v) is 5.45. The van der Waals surface area contributed by atoms with E-state index in [-0.39, 0.29) is 5.56 Å². The normalized spacial score (nSPS) is 11.5. The molecule has 0 atom stereocenters. The van der Waals surface area contributed by atoms with Gasteiger partial charge in [0.2, 0.25) is 0 Å². The van der Waals surface area contributed by atoms with E-state index < -0.39 is 0 Å². The Morgan fingerprint density at radius 2 is 1.95 bits per heavy atom. The summed E-state index contributed by atoms with van der Waals surface area (Å²) in [6.07, 6.45) is 6.81. The zero-order valence-electron chi connectivity index (χ0n) is 12.3. The van der Waals surface area contributed by atoms with Crippen molar-refractivity contribution in [3.63, 3.8) is 0 Å². The molecule has 4 nitrogen and oxygen atoms in total. The number of unbranched alkanes of at least 4 members (excludes halogenated alkanes) is 4. The zero-order valence-corrected chi connectivity index (χ0v) is 12.3. The number of aromatic nitrogens is 2. The first kappa shape index (κ1) is 13.9. The number of nitrogens with one attached hydrogen (secondary N) is 1. The Morgan fingerprint density at radius 1 is 1.14 bits per heavy atom. The predicted molar refractivity (Wildman–Crippen MR) is 84.6 cm³/mol. The minimum atomic E-state index is -0.176. The molecule has 0 radical (unpaired) electrons. The third-order valence-corrected chi connectivity index (χ3v) is 3.80. The highest BCUT2D eigenvalue weighted by Gasteiger charge is 2.12. The molecule has 0 aliphatic carbocycles. The number of hydrogen-bond acceptors (Lipinski definition) is 3. The number of oxazole rings is 1. The van der Waals surface area contributed by atoms with Gasteiger partial charge in [-0.15, -0.1) is 0 Å². The zero-order chi connectivity index (χ0) is 14.7. The first-order valence-electron chi connectivity index (χ1n) is 7.70. The van der Waals surface area contributed by atoms with Crippen molar-refractivity contribution in [2.75, 3.05) is 0 Å². The van der Waals surface area contributed by atoms with Gasteiger partial charge in [0.1, 0.15) is 0 Å². The number of pyridine rings is 1. The fourth-order valence-electron chi connectivity index (χ4n) is 2.66. The van der Waals surface area contributed by atoms with E-state index in [0.29, 0.717) is 17.0 Å². The third-order valence-electron chi connectivity index (χ3n) is 3.80. The van der Waals surface area contributed by atoms with Crippen molar-refractivity contribution in [2.24, 2.45) is 0 Å². The highest BCUT2D eigenvalue weighted by atomic mass is 16.3. The van der Waals surface area contributed by atoms with Crippen LogP contribution in [0.5, 0.6) is 0 Å². The summed E-state index contributed by atoms with van der Waals surface area (Å²) in [5.74, 6) is 0.670. The first-order valence-corrected chi connectivity index (χ1v) is 7.70. The summed E-state index contributed by atoms with van der Waals surface area (Å²) in [7, 11) is 0. The molecular formula is C17H20N2O2. The van der Waals surface area contributed by atoms with E-state index in [1.807, 2.05) is 24.3 Å². The fraction of sp³-hybridized carbons (Fsp3) is 0.412. The Kier molecular flexibility index (Phi) is 4.04. The van der Waals surface area contributed by atoms with Crippen LogP contribution in [0, 0.1) is 0 Å². The van der Waals surface area contributed by atoms with E-state index >= 15 is 0 Å². The van der Waals surface area contributed by atoms with Gasteiger partial charge in [-0.1, -0.05) is 44.7 Å². The summed E-state index contributed by atoms with van der Waals surface area (Å²) in [4.78, 5) is 19.3. The lowest BCUT2D eigenvalue weighted by atomic mass is 10.1. The van der Waals surface area contributed by atoms with Crippen LogP contribution in [-0.4, -0.2) is 9.97 Å². The van der Waals surface area contributed by atoms with Gasteiger partial charge in [-0.3, -0.25) is 4.79 Å². The Balaban J connectivity index is 1.87. The van der Waals surface area contributed by atoms with Crippen LogP contribution in [0.3, 0.4) is 0 Å². The molecule has 2 aromatic heterocycles. The maximum atomic E-state index is 12.0. The molecule has 0 aliphatic heterocycles. The van der Waals surface area contributed by atoms with Crippen molar-refractivity contribution in [2.45, 2.75) is 45.4 Å². The number of fused-ring (bicyclic) bond motifs is 3. The van der Waals surface area contributed by atoms with Crippen LogP contribution >= 0.6 is 0 Å². The molecular weight excluding hydrogens is 264 g/mol. The van der Waals surface area contributed by atoms with Crippen LogP contribution in [0.25, 0.3) is 22.0 Å². The number of nitrogens with zero attached hydrogens (tertiary/aromatic N) is 1. The van der Waals surface area contributed by atoms with E-state index in [0.717, 1.165) is 23.7 Å².